The molecule has 1 aliphatic carbocycles. The Kier molecular flexibility index (Phi) is 6.15. The lowest BCUT2D eigenvalue weighted by Crippen LogP contribution is -2.08. The van der Waals surface area contributed by atoms with Crippen LogP contribution < -0.4 is 0 Å². The molecule has 0 spiro atoms. The molecule has 0 amide bonds. The molecule has 1 aliphatic rings. The van der Waals surface area contributed by atoms with E-state index in [2.05, 4.69) is 61.9 Å². The number of carbonyl (C=O) groups excluding carboxylic acids is 1. The minimum absolute atomic E-state index is 0.125. The molecule has 0 bridgehead atoms. The fourth-order valence-electron chi connectivity index (χ4n) is 4.09. The number of imidazole rings is 1. The van der Waals surface area contributed by atoms with E-state index in [1.165, 1.54) is 40.9 Å². The molecule has 0 unspecified atom stereocenters. The summed E-state index contributed by atoms with van der Waals surface area (Å²) in [5.74, 6) is 1.15. The van der Waals surface area contributed by atoms with Crippen molar-refractivity contribution in [3.8, 4) is 5.69 Å². The standard InChI is InChI=1S/C26H22BrClN2OS/c1-16-6-7-18(23(28)12-16)13-19(31)15-32-26-29-14-25(27)30(26)24-11-10-20(17-8-9-17)21-4-2-3-5-22(21)24/h2-7,10-12,14,17H,8-9,13,15H2,1H3. The zero-order valence-corrected chi connectivity index (χ0v) is 20.8. The lowest BCUT2D eigenvalue weighted by molar-refractivity contribution is -0.116. The molecular weight excluding hydrogens is 504 g/mol. The highest BCUT2D eigenvalue weighted by atomic mass is 79.9. The molecule has 1 fully saturated rings. The number of hydrogen-bond acceptors (Lipinski definition) is 3. The van der Waals surface area contributed by atoms with Gasteiger partial charge in [0.15, 0.2) is 5.16 Å². The summed E-state index contributed by atoms with van der Waals surface area (Å²) in [6.45, 7) is 1.99. The molecule has 0 N–H and O–H groups in total. The van der Waals surface area contributed by atoms with Crippen molar-refractivity contribution in [2.24, 2.45) is 0 Å². The van der Waals surface area contributed by atoms with Gasteiger partial charge in [-0.05, 0) is 75.8 Å². The number of aryl methyl sites for hydroxylation is 1. The van der Waals surface area contributed by atoms with Gasteiger partial charge in [-0.2, -0.15) is 0 Å². The maximum absolute atomic E-state index is 12.7. The van der Waals surface area contributed by atoms with E-state index in [-0.39, 0.29) is 5.78 Å². The van der Waals surface area contributed by atoms with Crippen LogP contribution in [0, 0.1) is 6.92 Å². The maximum Gasteiger partial charge on any atom is 0.173 e. The number of thioether (sulfide) groups is 1. The molecule has 0 aliphatic heterocycles. The molecule has 162 valence electrons. The Morgan fingerprint density at radius 2 is 1.94 bits per heavy atom. The fraction of sp³-hybridized carbons (Fsp3) is 0.231. The van der Waals surface area contributed by atoms with Gasteiger partial charge in [0.2, 0.25) is 0 Å². The topological polar surface area (TPSA) is 34.9 Å². The molecule has 3 nitrogen and oxygen atoms in total. The van der Waals surface area contributed by atoms with Crippen LogP contribution in [-0.4, -0.2) is 21.1 Å². The number of carbonyl (C=O) groups is 1. The van der Waals surface area contributed by atoms with Crippen LogP contribution >= 0.6 is 39.3 Å². The molecule has 1 heterocycles. The normalized spacial score (nSPS) is 13.6. The number of Topliss-reactive ketones (excluding diaryl/α,β-unsaturated/α-hetero) is 1. The first-order chi connectivity index (χ1) is 15.5. The van der Waals surface area contributed by atoms with Crippen molar-refractivity contribution >= 4 is 55.8 Å². The largest absolute Gasteiger partial charge is 0.298 e. The van der Waals surface area contributed by atoms with Gasteiger partial charge in [0.25, 0.3) is 0 Å². The van der Waals surface area contributed by atoms with Crippen molar-refractivity contribution in [1.82, 2.24) is 9.55 Å². The average Bonchev–Trinajstić information content (AvgIpc) is 3.56. The predicted molar refractivity (Wildman–Crippen MR) is 136 cm³/mol. The van der Waals surface area contributed by atoms with Crippen LogP contribution in [-0.2, 0) is 11.2 Å². The number of benzene rings is 3. The second-order valence-corrected chi connectivity index (χ2v) is 10.5. The van der Waals surface area contributed by atoms with Gasteiger partial charge >= 0.3 is 0 Å². The van der Waals surface area contributed by atoms with Gasteiger partial charge in [-0.3, -0.25) is 9.36 Å². The third-order valence-electron chi connectivity index (χ3n) is 5.84. The summed E-state index contributed by atoms with van der Waals surface area (Å²) < 4.78 is 2.97. The SMILES string of the molecule is Cc1ccc(CC(=O)CSc2ncc(Br)n2-c2ccc(C3CC3)c3ccccc23)c(Cl)c1. The van der Waals surface area contributed by atoms with E-state index in [0.717, 1.165) is 26.6 Å². The Morgan fingerprint density at radius 1 is 1.16 bits per heavy atom. The van der Waals surface area contributed by atoms with Crippen molar-refractivity contribution in [1.29, 1.82) is 0 Å². The number of fused-ring (bicyclic) bond motifs is 1. The Morgan fingerprint density at radius 3 is 2.69 bits per heavy atom. The van der Waals surface area contributed by atoms with Gasteiger partial charge in [0, 0.05) is 16.8 Å². The van der Waals surface area contributed by atoms with Gasteiger partial charge in [0.1, 0.15) is 10.4 Å². The number of aromatic nitrogens is 2. The smallest absolute Gasteiger partial charge is 0.173 e. The molecular formula is C26H22BrClN2OS. The highest BCUT2D eigenvalue weighted by Crippen LogP contribution is 2.44. The van der Waals surface area contributed by atoms with Crippen molar-refractivity contribution in [2.75, 3.05) is 5.75 Å². The van der Waals surface area contributed by atoms with Crippen molar-refractivity contribution in [3.63, 3.8) is 0 Å². The Bertz CT molecular complexity index is 1330. The van der Waals surface area contributed by atoms with Crippen molar-refractivity contribution in [3.05, 3.63) is 87.1 Å². The minimum Gasteiger partial charge on any atom is -0.298 e. The first-order valence-electron chi connectivity index (χ1n) is 10.7. The lowest BCUT2D eigenvalue weighted by Gasteiger charge is -2.14. The van der Waals surface area contributed by atoms with Gasteiger partial charge in [-0.1, -0.05) is 65.8 Å². The van der Waals surface area contributed by atoms with Crippen LogP contribution in [0.3, 0.4) is 0 Å². The fourth-order valence-corrected chi connectivity index (χ4v) is 5.82. The van der Waals surface area contributed by atoms with Crippen molar-refractivity contribution in [2.45, 2.75) is 37.3 Å². The molecule has 4 aromatic rings. The van der Waals surface area contributed by atoms with Crippen LogP contribution in [0.15, 0.2) is 70.6 Å². The summed E-state index contributed by atoms with van der Waals surface area (Å²) in [7, 11) is 0. The number of hydrogen-bond donors (Lipinski definition) is 0. The Hall–Kier alpha value is -2.08. The molecule has 0 radical (unpaired) electrons. The summed E-state index contributed by atoms with van der Waals surface area (Å²) in [5.41, 5.74) is 4.47. The minimum atomic E-state index is 0.125. The maximum atomic E-state index is 12.7. The molecule has 0 saturated heterocycles. The third-order valence-corrected chi connectivity index (χ3v) is 7.76. The van der Waals surface area contributed by atoms with E-state index >= 15 is 0 Å². The van der Waals surface area contributed by atoms with E-state index in [1.807, 2.05) is 25.1 Å². The van der Waals surface area contributed by atoms with E-state index in [0.29, 0.717) is 23.1 Å². The zero-order chi connectivity index (χ0) is 22.2. The van der Waals surface area contributed by atoms with Gasteiger partial charge < -0.3 is 0 Å². The number of nitrogens with zero attached hydrogens (tertiary/aromatic N) is 2. The van der Waals surface area contributed by atoms with Gasteiger partial charge in [-0.25, -0.2) is 4.98 Å². The number of halogens is 2. The monoisotopic (exact) mass is 524 g/mol. The van der Waals surface area contributed by atoms with Crippen LogP contribution in [0.5, 0.6) is 0 Å². The van der Waals surface area contributed by atoms with E-state index in [9.17, 15) is 4.79 Å². The molecule has 1 saturated carbocycles. The van der Waals surface area contributed by atoms with Crippen LogP contribution in [0.2, 0.25) is 5.02 Å². The predicted octanol–water partition coefficient (Wildman–Crippen LogP) is 7.53. The van der Waals surface area contributed by atoms with Crippen LogP contribution in [0.1, 0.15) is 35.4 Å². The summed E-state index contributed by atoms with van der Waals surface area (Å²) in [4.78, 5) is 17.3. The lowest BCUT2D eigenvalue weighted by atomic mass is 9.99. The molecule has 6 heteroatoms. The third kappa shape index (κ3) is 4.39. The van der Waals surface area contributed by atoms with Crippen LogP contribution in [0.4, 0.5) is 0 Å². The first-order valence-corrected chi connectivity index (χ1v) is 12.8. The van der Waals surface area contributed by atoms with E-state index < -0.39 is 0 Å². The van der Waals surface area contributed by atoms with Gasteiger partial charge in [-0.15, -0.1) is 0 Å². The van der Waals surface area contributed by atoms with E-state index in [4.69, 9.17) is 11.6 Å². The zero-order valence-electron chi connectivity index (χ0n) is 17.6. The molecule has 5 rings (SSSR count). The Balaban J connectivity index is 1.41. The number of rotatable bonds is 7. The first kappa shape index (κ1) is 21.7. The Labute approximate surface area is 205 Å². The van der Waals surface area contributed by atoms with Crippen molar-refractivity contribution < 1.29 is 4.79 Å². The highest BCUT2D eigenvalue weighted by Gasteiger charge is 2.26. The quantitative estimate of drug-likeness (QED) is 0.234. The average molecular weight is 526 g/mol. The second kappa shape index (κ2) is 9.05. The summed E-state index contributed by atoms with van der Waals surface area (Å²) in [5, 5.41) is 3.95. The molecule has 1 aromatic heterocycles. The molecule has 32 heavy (non-hydrogen) atoms. The van der Waals surface area contributed by atoms with Crippen LogP contribution in [0.25, 0.3) is 16.5 Å². The number of ketones is 1. The summed E-state index contributed by atoms with van der Waals surface area (Å²) >= 11 is 11.4. The van der Waals surface area contributed by atoms with E-state index in [1.54, 1.807) is 6.20 Å². The molecule has 0 atom stereocenters. The molecule has 3 aromatic carbocycles. The second-order valence-electron chi connectivity index (χ2n) is 8.29. The summed E-state index contributed by atoms with van der Waals surface area (Å²) in [6.07, 6.45) is 4.67. The highest BCUT2D eigenvalue weighted by molar-refractivity contribution is 9.10. The van der Waals surface area contributed by atoms with Gasteiger partial charge in [0.05, 0.1) is 17.6 Å². The summed E-state index contributed by atoms with van der Waals surface area (Å²) in [6, 6.07) is 18.8.